The second-order valence-corrected chi connectivity index (χ2v) is 7.42. The van der Waals surface area contributed by atoms with Crippen molar-refractivity contribution in [2.45, 2.75) is 12.8 Å². The van der Waals surface area contributed by atoms with Crippen molar-refractivity contribution in [2.75, 3.05) is 17.6 Å². The number of aromatic nitrogens is 1. The zero-order valence-electron chi connectivity index (χ0n) is 17.2. The van der Waals surface area contributed by atoms with E-state index in [0.29, 0.717) is 34.5 Å². The largest absolute Gasteiger partial charge is 0.398 e. The summed E-state index contributed by atoms with van der Waals surface area (Å²) in [4.78, 5) is 28.2. The second-order valence-electron chi connectivity index (χ2n) is 7.42. The van der Waals surface area contributed by atoms with E-state index < -0.39 is 0 Å². The molecule has 0 aliphatic carbocycles. The van der Waals surface area contributed by atoms with Crippen molar-refractivity contribution < 1.29 is 14.0 Å². The number of fused-ring (bicyclic) bond motifs is 1. The average molecular weight is 431 g/mol. The minimum atomic E-state index is -0.316. The molecule has 0 bridgehead atoms. The number of anilines is 2. The molecule has 1 aliphatic heterocycles. The molecule has 1 aliphatic rings. The highest BCUT2D eigenvalue weighted by Gasteiger charge is 2.20. The van der Waals surface area contributed by atoms with Gasteiger partial charge in [-0.1, -0.05) is 12.1 Å². The predicted octanol–water partition coefficient (Wildman–Crippen LogP) is 3.62. The molecule has 2 heterocycles. The fourth-order valence-corrected chi connectivity index (χ4v) is 3.52. The molecule has 7 nitrogen and oxygen atoms in total. The summed E-state index contributed by atoms with van der Waals surface area (Å²) in [6, 6.07) is 11.2. The van der Waals surface area contributed by atoms with Crippen LogP contribution in [0.5, 0.6) is 0 Å². The Labute approximate surface area is 184 Å². The maximum absolute atomic E-state index is 13.0. The van der Waals surface area contributed by atoms with Crippen LogP contribution in [0.1, 0.15) is 33.5 Å². The van der Waals surface area contributed by atoms with E-state index in [4.69, 9.17) is 5.73 Å². The van der Waals surface area contributed by atoms with Gasteiger partial charge in [0.1, 0.15) is 5.82 Å². The van der Waals surface area contributed by atoms with Gasteiger partial charge in [-0.2, -0.15) is 5.10 Å². The summed E-state index contributed by atoms with van der Waals surface area (Å²) in [6.45, 7) is 0.0162. The third kappa shape index (κ3) is 4.92. The van der Waals surface area contributed by atoms with Crippen LogP contribution >= 0.6 is 0 Å². The monoisotopic (exact) mass is 431 g/mol. The maximum Gasteiger partial charge on any atom is 0.224 e. The molecule has 32 heavy (non-hydrogen) atoms. The van der Waals surface area contributed by atoms with E-state index in [1.165, 1.54) is 12.1 Å². The Morgan fingerprint density at radius 1 is 1.22 bits per heavy atom. The standard InChI is InChI=1S/C24H22FN5O2/c25-18-4-1-15(2-5-18)3-6-23(32)30-19-10-20-22(31)14-29-28-13-17(24(20)21(26)11-19)9-16-7-8-27-12-16/h1-2,4-5,7-13,27,29H,3,6,14,26H2,(H,30,32)/b17-9+,28-13-. The normalized spacial score (nSPS) is 15.4. The summed E-state index contributed by atoms with van der Waals surface area (Å²) in [5.41, 5.74) is 13.3. The number of rotatable bonds is 5. The number of nitrogens with one attached hydrogen (secondary N) is 3. The fraction of sp³-hybridized carbons (Fsp3) is 0.125. The Morgan fingerprint density at radius 2 is 2.03 bits per heavy atom. The van der Waals surface area contributed by atoms with E-state index in [2.05, 4.69) is 20.8 Å². The van der Waals surface area contributed by atoms with Gasteiger partial charge in [0, 0.05) is 46.9 Å². The van der Waals surface area contributed by atoms with Gasteiger partial charge < -0.3 is 21.5 Å². The Kier molecular flexibility index (Phi) is 6.12. The van der Waals surface area contributed by atoms with Crippen LogP contribution in [0.4, 0.5) is 15.8 Å². The molecule has 0 saturated carbocycles. The average Bonchev–Trinajstić information content (AvgIpc) is 3.27. The number of ketones is 1. The number of amides is 1. The number of nitrogens with two attached hydrogens (primary N) is 1. The Morgan fingerprint density at radius 3 is 2.78 bits per heavy atom. The highest BCUT2D eigenvalue weighted by Crippen LogP contribution is 2.31. The van der Waals surface area contributed by atoms with Crippen LogP contribution in [0, 0.1) is 5.82 Å². The number of allylic oxidation sites excluding steroid dienone is 1. The number of aromatic amines is 1. The minimum Gasteiger partial charge on any atom is -0.398 e. The number of aryl methyl sites for hydroxylation is 1. The molecule has 5 N–H and O–H groups in total. The van der Waals surface area contributed by atoms with Crippen molar-refractivity contribution in [3.8, 4) is 0 Å². The summed E-state index contributed by atoms with van der Waals surface area (Å²) in [5.74, 6) is -0.732. The van der Waals surface area contributed by atoms with Gasteiger partial charge in [0.2, 0.25) is 5.91 Å². The molecule has 0 unspecified atom stereocenters. The fourth-order valence-electron chi connectivity index (χ4n) is 3.52. The van der Waals surface area contributed by atoms with Gasteiger partial charge in [0.05, 0.1) is 12.8 Å². The van der Waals surface area contributed by atoms with Crippen LogP contribution in [0.15, 0.2) is 60.0 Å². The lowest BCUT2D eigenvalue weighted by Crippen LogP contribution is -2.23. The molecule has 162 valence electrons. The quantitative estimate of drug-likeness (QED) is 0.462. The van der Waals surface area contributed by atoms with Gasteiger partial charge in [-0.3, -0.25) is 9.59 Å². The Hall–Kier alpha value is -4.20. The molecule has 0 radical (unpaired) electrons. The van der Waals surface area contributed by atoms with Crippen LogP contribution < -0.4 is 16.5 Å². The first kappa shape index (κ1) is 21.0. The van der Waals surface area contributed by atoms with Crippen molar-refractivity contribution in [3.63, 3.8) is 0 Å². The van der Waals surface area contributed by atoms with Gasteiger partial charge in [0.25, 0.3) is 0 Å². The third-order valence-corrected chi connectivity index (χ3v) is 5.07. The molecule has 1 amide bonds. The molecule has 0 spiro atoms. The number of hydrogen-bond acceptors (Lipinski definition) is 5. The zero-order valence-corrected chi connectivity index (χ0v) is 17.2. The number of carbonyl (C=O) groups is 2. The van der Waals surface area contributed by atoms with Crippen molar-refractivity contribution in [2.24, 2.45) is 5.10 Å². The van der Waals surface area contributed by atoms with Crippen LogP contribution in [-0.4, -0.2) is 29.4 Å². The van der Waals surface area contributed by atoms with E-state index in [9.17, 15) is 14.0 Å². The molecule has 4 rings (SSSR count). The molecular weight excluding hydrogens is 409 g/mol. The molecular formula is C24H22FN5O2. The zero-order chi connectivity index (χ0) is 22.5. The maximum atomic E-state index is 13.0. The van der Waals surface area contributed by atoms with E-state index in [1.807, 2.05) is 18.3 Å². The predicted molar refractivity (Wildman–Crippen MR) is 124 cm³/mol. The second kappa shape index (κ2) is 9.30. The molecule has 2 aromatic carbocycles. The van der Waals surface area contributed by atoms with Crippen LogP contribution in [0.3, 0.4) is 0 Å². The molecule has 1 aromatic heterocycles. The SMILES string of the molecule is Nc1cc(NC(=O)CCc2ccc(F)cc2)cc2c1C(=C/c1cc[nH]c1)/C=N\NCC2=O. The molecule has 3 aromatic rings. The number of nitrogen functional groups attached to an aromatic ring is 1. The number of benzene rings is 2. The Balaban J connectivity index is 1.58. The van der Waals surface area contributed by atoms with Gasteiger partial charge in [-0.05, 0) is 54.0 Å². The Bertz CT molecular complexity index is 1200. The van der Waals surface area contributed by atoms with E-state index in [1.54, 1.807) is 36.7 Å². The summed E-state index contributed by atoms with van der Waals surface area (Å²) in [7, 11) is 0. The van der Waals surface area contributed by atoms with Gasteiger partial charge in [-0.25, -0.2) is 4.39 Å². The molecule has 0 saturated heterocycles. The summed E-state index contributed by atoms with van der Waals surface area (Å²) in [6.07, 6.45) is 7.79. The first-order valence-electron chi connectivity index (χ1n) is 10.1. The number of hydrazone groups is 1. The van der Waals surface area contributed by atoms with Crippen LogP contribution in [-0.2, 0) is 11.2 Å². The van der Waals surface area contributed by atoms with E-state index >= 15 is 0 Å². The van der Waals surface area contributed by atoms with Crippen LogP contribution in [0.2, 0.25) is 0 Å². The smallest absolute Gasteiger partial charge is 0.224 e. The van der Waals surface area contributed by atoms with Gasteiger partial charge in [0.15, 0.2) is 5.78 Å². The lowest BCUT2D eigenvalue weighted by molar-refractivity contribution is -0.116. The number of H-pyrrole nitrogens is 1. The molecule has 0 atom stereocenters. The van der Waals surface area contributed by atoms with Crippen molar-refractivity contribution in [1.29, 1.82) is 0 Å². The minimum absolute atomic E-state index is 0.0162. The number of nitrogens with zero attached hydrogens (tertiary/aromatic N) is 1. The van der Waals surface area contributed by atoms with Gasteiger partial charge in [-0.15, -0.1) is 0 Å². The summed E-state index contributed by atoms with van der Waals surface area (Å²) < 4.78 is 13.0. The number of hydrogen-bond donors (Lipinski definition) is 4. The molecule has 0 fully saturated rings. The van der Waals surface area contributed by atoms with Crippen LogP contribution in [0.25, 0.3) is 11.6 Å². The number of halogens is 1. The van der Waals surface area contributed by atoms with Crippen molar-refractivity contribution in [1.82, 2.24) is 10.4 Å². The lowest BCUT2D eigenvalue weighted by atomic mass is 9.93. The van der Waals surface area contributed by atoms with Gasteiger partial charge >= 0.3 is 0 Å². The first-order chi connectivity index (χ1) is 15.5. The summed E-state index contributed by atoms with van der Waals surface area (Å²) >= 11 is 0. The van der Waals surface area contributed by atoms with E-state index in [0.717, 1.165) is 11.1 Å². The van der Waals surface area contributed by atoms with Crippen molar-refractivity contribution in [3.05, 3.63) is 82.9 Å². The number of carbonyl (C=O) groups excluding carboxylic acids is 2. The topological polar surface area (TPSA) is 112 Å². The highest BCUT2D eigenvalue weighted by molar-refractivity contribution is 6.22. The molecule has 8 heteroatoms. The first-order valence-corrected chi connectivity index (χ1v) is 10.1. The number of Topliss-reactive ketones (excluding diaryl/α,β-unsaturated/α-hetero) is 1. The lowest BCUT2D eigenvalue weighted by Gasteiger charge is -2.17. The summed E-state index contributed by atoms with van der Waals surface area (Å²) in [5, 5.41) is 6.90. The third-order valence-electron chi connectivity index (χ3n) is 5.07. The highest BCUT2D eigenvalue weighted by atomic mass is 19.1. The van der Waals surface area contributed by atoms with Crippen molar-refractivity contribution >= 4 is 40.9 Å². The van der Waals surface area contributed by atoms with E-state index in [-0.39, 0.29) is 30.5 Å².